The maximum absolute atomic E-state index is 9.29. The molecule has 0 bridgehead atoms. The molecule has 0 radical (unpaired) electrons. The number of hydrogen-bond donors (Lipinski definition) is 2. The van der Waals surface area contributed by atoms with Crippen molar-refractivity contribution in [2.45, 2.75) is 26.0 Å². The van der Waals surface area contributed by atoms with Gasteiger partial charge in [-0.15, -0.1) is 0 Å². The molecule has 1 heterocycles. The van der Waals surface area contributed by atoms with Gasteiger partial charge >= 0.3 is 0 Å². The van der Waals surface area contributed by atoms with Crippen LogP contribution in [0.2, 0.25) is 5.15 Å². The van der Waals surface area contributed by atoms with E-state index in [-0.39, 0.29) is 6.10 Å². The minimum atomic E-state index is -0.286. The van der Waals surface area contributed by atoms with Gasteiger partial charge in [0, 0.05) is 13.6 Å². The smallest absolute Gasteiger partial charge is 0.128 e. The molecule has 80 valence electrons. The van der Waals surface area contributed by atoms with Crippen molar-refractivity contribution in [1.29, 1.82) is 0 Å². The Bertz CT molecular complexity index is 288. The summed E-state index contributed by atoms with van der Waals surface area (Å²) in [5, 5.41) is 13.0. The van der Waals surface area contributed by atoms with E-state index in [1.165, 1.54) is 0 Å². The summed E-state index contributed by atoms with van der Waals surface area (Å²) in [7, 11) is 1.86. The fourth-order valence-corrected chi connectivity index (χ4v) is 1.23. The summed E-state index contributed by atoms with van der Waals surface area (Å²) >= 11 is 5.82. The molecule has 5 heteroatoms. The van der Waals surface area contributed by atoms with Crippen molar-refractivity contribution in [1.82, 2.24) is 14.9 Å². The van der Waals surface area contributed by atoms with Crippen LogP contribution in [0.1, 0.15) is 19.2 Å². The number of aliphatic hydroxyl groups is 1. The molecule has 1 aromatic rings. The van der Waals surface area contributed by atoms with Crippen LogP contribution in [0.4, 0.5) is 0 Å². The van der Waals surface area contributed by atoms with Gasteiger partial charge in [-0.25, -0.2) is 4.98 Å². The molecule has 1 rings (SSSR count). The highest BCUT2D eigenvalue weighted by atomic mass is 35.5. The molecule has 1 aromatic heterocycles. The average molecular weight is 218 g/mol. The lowest BCUT2D eigenvalue weighted by Gasteiger charge is -2.09. The molecule has 14 heavy (non-hydrogen) atoms. The van der Waals surface area contributed by atoms with Crippen LogP contribution < -0.4 is 5.32 Å². The highest BCUT2D eigenvalue weighted by Gasteiger charge is 2.04. The van der Waals surface area contributed by atoms with E-state index in [0.29, 0.717) is 18.2 Å². The Morgan fingerprint density at radius 3 is 2.93 bits per heavy atom. The van der Waals surface area contributed by atoms with Gasteiger partial charge in [0.05, 0.1) is 18.8 Å². The van der Waals surface area contributed by atoms with E-state index in [0.717, 1.165) is 12.2 Å². The minimum absolute atomic E-state index is 0.286. The summed E-state index contributed by atoms with van der Waals surface area (Å²) in [6.45, 7) is 3.16. The third-order valence-electron chi connectivity index (χ3n) is 2.16. The lowest BCUT2D eigenvalue weighted by atomic mass is 10.3. The van der Waals surface area contributed by atoms with Crippen molar-refractivity contribution in [3.05, 3.63) is 17.2 Å². The molecule has 1 atom stereocenters. The first-order chi connectivity index (χ1) is 6.65. The van der Waals surface area contributed by atoms with Gasteiger partial charge < -0.3 is 15.0 Å². The molecule has 4 nitrogen and oxygen atoms in total. The minimum Gasteiger partial charge on any atom is -0.392 e. The van der Waals surface area contributed by atoms with Crippen LogP contribution in [0.15, 0.2) is 6.20 Å². The van der Waals surface area contributed by atoms with E-state index in [4.69, 9.17) is 11.6 Å². The summed E-state index contributed by atoms with van der Waals surface area (Å²) in [5.41, 5.74) is 0. The zero-order valence-electron chi connectivity index (χ0n) is 8.50. The van der Waals surface area contributed by atoms with E-state index in [1.54, 1.807) is 6.20 Å². The molecule has 1 unspecified atom stereocenters. The summed E-state index contributed by atoms with van der Waals surface area (Å²) in [6.07, 6.45) is 2.09. The van der Waals surface area contributed by atoms with E-state index >= 15 is 0 Å². The van der Waals surface area contributed by atoms with Crippen LogP contribution in [0.3, 0.4) is 0 Å². The van der Waals surface area contributed by atoms with Crippen molar-refractivity contribution in [3.63, 3.8) is 0 Å². The third-order valence-corrected chi connectivity index (χ3v) is 2.51. The van der Waals surface area contributed by atoms with Crippen molar-refractivity contribution < 1.29 is 5.11 Å². The van der Waals surface area contributed by atoms with Crippen LogP contribution in [0.25, 0.3) is 0 Å². The van der Waals surface area contributed by atoms with Crippen molar-refractivity contribution in [2.24, 2.45) is 7.05 Å². The van der Waals surface area contributed by atoms with Gasteiger partial charge in [-0.1, -0.05) is 18.5 Å². The highest BCUT2D eigenvalue weighted by Crippen LogP contribution is 2.08. The molecule has 0 fully saturated rings. The standard InChI is InChI=1S/C9H16ClN3O/c1-3-7(14)4-11-6-9-12-5-8(10)13(9)2/h5,7,11,14H,3-4,6H2,1-2H3. The second-order valence-electron chi connectivity index (χ2n) is 3.25. The average Bonchev–Trinajstić information content (AvgIpc) is 2.49. The van der Waals surface area contributed by atoms with Gasteiger partial charge in [0.1, 0.15) is 11.0 Å². The summed E-state index contributed by atoms with van der Waals surface area (Å²) < 4.78 is 1.81. The topological polar surface area (TPSA) is 50.1 Å². The van der Waals surface area contributed by atoms with Gasteiger partial charge in [0.25, 0.3) is 0 Å². The fraction of sp³-hybridized carbons (Fsp3) is 0.667. The Morgan fingerprint density at radius 1 is 1.71 bits per heavy atom. The van der Waals surface area contributed by atoms with Crippen molar-refractivity contribution in [3.8, 4) is 0 Å². The van der Waals surface area contributed by atoms with E-state index < -0.39 is 0 Å². The predicted octanol–water partition coefficient (Wildman–Crippen LogP) is 0.934. The van der Waals surface area contributed by atoms with E-state index in [2.05, 4.69) is 10.3 Å². The number of nitrogens with zero attached hydrogens (tertiary/aromatic N) is 2. The van der Waals surface area contributed by atoms with E-state index in [1.807, 2.05) is 18.5 Å². The first-order valence-corrected chi connectivity index (χ1v) is 5.07. The van der Waals surface area contributed by atoms with Crippen LogP contribution in [0.5, 0.6) is 0 Å². The maximum atomic E-state index is 9.29. The SMILES string of the molecule is CCC(O)CNCc1ncc(Cl)n1C. The molecule has 0 aliphatic heterocycles. The summed E-state index contributed by atoms with van der Waals surface area (Å²) in [5.74, 6) is 0.873. The molecular formula is C9H16ClN3O. The second kappa shape index (κ2) is 5.34. The normalized spacial score (nSPS) is 13.1. The molecule has 0 aliphatic carbocycles. The van der Waals surface area contributed by atoms with Crippen LogP contribution in [0, 0.1) is 0 Å². The number of hydrogen-bond acceptors (Lipinski definition) is 3. The lowest BCUT2D eigenvalue weighted by molar-refractivity contribution is 0.166. The molecule has 0 spiro atoms. The third kappa shape index (κ3) is 2.97. The van der Waals surface area contributed by atoms with Crippen molar-refractivity contribution >= 4 is 11.6 Å². The molecule has 0 aliphatic rings. The van der Waals surface area contributed by atoms with Crippen LogP contribution in [-0.2, 0) is 13.6 Å². The largest absolute Gasteiger partial charge is 0.392 e. The highest BCUT2D eigenvalue weighted by molar-refractivity contribution is 6.29. The van der Waals surface area contributed by atoms with Crippen molar-refractivity contribution in [2.75, 3.05) is 6.54 Å². The van der Waals surface area contributed by atoms with Gasteiger partial charge in [-0.2, -0.15) is 0 Å². The molecule has 2 N–H and O–H groups in total. The Kier molecular flexibility index (Phi) is 4.38. The fourth-order valence-electron chi connectivity index (χ4n) is 1.08. The Labute approximate surface area is 88.9 Å². The monoisotopic (exact) mass is 217 g/mol. The van der Waals surface area contributed by atoms with Gasteiger partial charge in [0.15, 0.2) is 0 Å². The van der Waals surface area contributed by atoms with E-state index in [9.17, 15) is 5.11 Å². The lowest BCUT2D eigenvalue weighted by Crippen LogP contribution is -2.26. The predicted molar refractivity (Wildman–Crippen MR) is 56.2 cm³/mol. The number of nitrogens with one attached hydrogen (secondary N) is 1. The first kappa shape index (κ1) is 11.5. The number of imidazole rings is 1. The Morgan fingerprint density at radius 2 is 2.43 bits per heavy atom. The van der Waals surface area contributed by atoms with Gasteiger partial charge in [0.2, 0.25) is 0 Å². The number of aliphatic hydroxyl groups excluding tert-OH is 1. The summed E-state index contributed by atoms with van der Waals surface area (Å²) in [6, 6.07) is 0. The Balaban J connectivity index is 2.35. The maximum Gasteiger partial charge on any atom is 0.128 e. The van der Waals surface area contributed by atoms with Gasteiger partial charge in [-0.05, 0) is 6.42 Å². The van der Waals surface area contributed by atoms with Gasteiger partial charge in [-0.3, -0.25) is 0 Å². The number of aromatic nitrogens is 2. The summed E-state index contributed by atoms with van der Waals surface area (Å²) in [4.78, 5) is 4.12. The molecule has 0 saturated carbocycles. The second-order valence-corrected chi connectivity index (χ2v) is 3.64. The molecule has 0 aromatic carbocycles. The van der Waals surface area contributed by atoms with Crippen LogP contribution >= 0.6 is 11.6 Å². The first-order valence-electron chi connectivity index (χ1n) is 4.70. The number of rotatable bonds is 5. The van der Waals surface area contributed by atoms with Crippen LogP contribution in [-0.4, -0.2) is 27.3 Å². The zero-order chi connectivity index (χ0) is 10.6. The molecule has 0 amide bonds. The quantitative estimate of drug-likeness (QED) is 0.772. The number of halogens is 1. The zero-order valence-corrected chi connectivity index (χ0v) is 9.25. The molecular weight excluding hydrogens is 202 g/mol. The Hall–Kier alpha value is -0.580. The molecule has 0 saturated heterocycles.